The van der Waals surface area contributed by atoms with Gasteiger partial charge in [0.2, 0.25) is 0 Å². The zero-order valence-electron chi connectivity index (χ0n) is 21.8. The molecule has 6 heteroatoms. The standard InChI is InChI=1S/C31H36O6/c1-5-6-7-8-25-9-11-26(12-10-25)13-14-27-15-17-28(18-16-27)29(21-36-30(33)23(2)19-32)22-37-31(34)24(3)20-35-4/h9-12,15-18,29,32H,2-3,5-8,19-22H2,1,4H3. The molecule has 0 fully saturated rings. The summed E-state index contributed by atoms with van der Waals surface area (Å²) >= 11 is 0. The number of methoxy groups -OCH3 is 1. The molecule has 196 valence electrons. The summed E-state index contributed by atoms with van der Waals surface area (Å²) in [6.07, 6.45) is 4.74. The number of aliphatic hydroxyl groups excluding tert-OH is 1. The fourth-order valence-corrected chi connectivity index (χ4v) is 3.41. The lowest BCUT2D eigenvalue weighted by atomic mass is 9.99. The highest BCUT2D eigenvalue weighted by Gasteiger charge is 2.19. The van der Waals surface area contributed by atoms with Crippen molar-refractivity contribution in [1.29, 1.82) is 0 Å². The predicted molar refractivity (Wildman–Crippen MR) is 144 cm³/mol. The van der Waals surface area contributed by atoms with Crippen LogP contribution in [-0.2, 0) is 30.2 Å². The molecule has 0 saturated carbocycles. The minimum Gasteiger partial charge on any atom is -0.461 e. The number of aliphatic hydroxyl groups is 1. The van der Waals surface area contributed by atoms with Crippen LogP contribution in [0.2, 0.25) is 0 Å². The normalized spacial score (nSPS) is 11.1. The van der Waals surface area contributed by atoms with Gasteiger partial charge in [-0.1, -0.05) is 69.0 Å². The Morgan fingerprint density at radius 3 is 1.92 bits per heavy atom. The highest BCUT2D eigenvalue weighted by atomic mass is 16.5. The third-order valence-electron chi connectivity index (χ3n) is 5.67. The fraction of sp³-hybridized carbons (Fsp3) is 0.355. The smallest absolute Gasteiger partial charge is 0.335 e. The van der Waals surface area contributed by atoms with Gasteiger partial charge >= 0.3 is 11.9 Å². The molecular formula is C31H36O6. The summed E-state index contributed by atoms with van der Waals surface area (Å²) in [6, 6.07) is 15.8. The van der Waals surface area contributed by atoms with Gasteiger partial charge in [-0.15, -0.1) is 0 Å². The highest BCUT2D eigenvalue weighted by molar-refractivity contribution is 5.88. The molecular weight excluding hydrogens is 468 g/mol. The van der Waals surface area contributed by atoms with E-state index in [4.69, 9.17) is 19.3 Å². The fourth-order valence-electron chi connectivity index (χ4n) is 3.41. The van der Waals surface area contributed by atoms with Gasteiger partial charge in [0.25, 0.3) is 0 Å². The van der Waals surface area contributed by atoms with E-state index in [1.807, 2.05) is 36.4 Å². The van der Waals surface area contributed by atoms with E-state index in [-0.39, 0.29) is 31.0 Å². The number of ether oxygens (including phenoxy) is 3. The molecule has 0 aliphatic rings. The van der Waals surface area contributed by atoms with E-state index in [1.165, 1.54) is 31.9 Å². The van der Waals surface area contributed by atoms with E-state index in [1.54, 1.807) is 0 Å². The highest BCUT2D eigenvalue weighted by Crippen LogP contribution is 2.19. The van der Waals surface area contributed by atoms with Gasteiger partial charge in [0.05, 0.1) is 30.3 Å². The third kappa shape index (κ3) is 10.5. The van der Waals surface area contributed by atoms with Crippen molar-refractivity contribution >= 4 is 11.9 Å². The van der Waals surface area contributed by atoms with Crippen molar-refractivity contribution in [1.82, 2.24) is 0 Å². The molecule has 2 aromatic carbocycles. The number of carbonyl (C=O) groups excluding carboxylic acids is 2. The van der Waals surface area contributed by atoms with Crippen LogP contribution in [0.25, 0.3) is 0 Å². The first-order valence-corrected chi connectivity index (χ1v) is 12.4. The van der Waals surface area contributed by atoms with Crippen LogP contribution in [0.1, 0.15) is 54.4 Å². The molecule has 0 aliphatic heterocycles. The monoisotopic (exact) mass is 504 g/mol. The number of carbonyl (C=O) groups is 2. The van der Waals surface area contributed by atoms with Gasteiger partial charge in [-0.25, -0.2) is 9.59 Å². The van der Waals surface area contributed by atoms with Crippen LogP contribution in [0.15, 0.2) is 72.8 Å². The van der Waals surface area contributed by atoms with E-state index >= 15 is 0 Å². The molecule has 0 aliphatic carbocycles. The second-order valence-corrected chi connectivity index (χ2v) is 8.72. The maximum Gasteiger partial charge on any atom is 0.335 e. The Balaban J connectivity index is 2.08. The molecule has 0 aromatic heterocycles. The zero-order valence-corrected chi connectivity index (χ0v) is 21.8. The summed E-state index contributed by atoms with van der Waals surface area (Å²) < 4.78 is 15.5. The lowest BCUT2D eigenvalue weighted by molar-refractivity contribution is -0.143. The number of hydrogen-bond acceptors (Lipinski definition) is 6. The largest absolute Gasteiger partial charge is 0.461 e. The van der Waals surface area contributed by atoms with Gasteiger partial charge in [0.15, 0.2) is 0 Å². The van der Waals surface area contributed by atoms with Crippen molar-refractivity contribution in [3.8, 4) is 11.8 Å². The van der Waals surface area contributed by atoms with E-state index < -0.39 is 24.5 Å². The van der Waals surface area contributed by atoms with Crippen LogP contribution >= 0.6 is 0 Å². The lowest BCUT2D eigenvalue weighted by Gasteiger charge is -2.18. The zero-order chi connectivity index (χ0) is 27.0. The average molecular weight is 505 g/mol. The average Bonchev–Trinajstić information content (AvgIpc) is 2.92. The molecule has 0 spiro atoms. The Bertz CT molecular complexity index is 1100. The molecule has 0 bridgehead atoms. The number of benzene rings is 2. The van der Waals surface area contributed by atoms with Crippen LogP contribution in [0, 0.1) is 11.8 Å². The van der Waals surface area contributed by atoms with Crippen molar-refractivity contribution in [2.75, 3.05) is 33.5 Å². The number of rotatable bonds is 14. The van der Waals surface area contributed by atoms with Crippen molar-refractivity contribution < 1.29 is 28.9 Å². The Kier molecular flexibility index (Phi) is 12.9. The first-order chi connectivity index (χ1) is 17.9. The topological polar surface area (TPSA) is 82.1 Å². The minimum atomic E-state index is -0.707. The minimum absolute atomic E-state index is 0.0317. The van der Waals surface area contributed by atoms with Gasteiger partial charge in [-0.2, -0.15) is 0 Å². The quantitative estimate of drug-likeness (QED) is 0.173. The lowest BCUT2D eigenvalue weighted by Crippen LogP contribution is -2.21. The summed E-state index contributed by atoms with van der Waals surface area (Å²) in [5, 5.41) is 9.09. The molecule has 2 aromatic rings. The summed E-state index contributed by atoms with van der Waals surface area (Å²) in [7, 11) is 1.46. The summed E-state index contributed by atoms with van der Waals surface area (Å²) in [6.45, 7) is 8.79. The Hall–Kier alpha value is -3.66. The Morgan fingerprint density at radius 2 is 1.41 bits per heavy atom. The molecule has 1 unspecified atom stereocenters. The van der Waals surface area contributed by atoms with Crippen molar-refractivity contribution in [2.24, 2.45) is 0 Å². The second-order valence-electron chi connectivity index (χ2n) is 8.72. The molecule has 0 radical (unpaired) electrons. The summed E-state index contributed by atoms with van der Waals surface area (Å²) in [5.41, 5.74) is 4.03. The predicted octanol–water partition coefficient (Wildman–Crippen LogP) is 4.74. The van der Waals surface area contributed by atoms with E-state index in [2.05, 4.69) is 44.1 Å². The summed E-state index contributed by atoms with van der Waals surface area (Å²) in [5.74, 6) is 4.62. The van der Waals surface area contributed by atoms with Gasteiger partial charge in [-0.3, -0.25) is 0 Å². The Morgan fingerprint density at radius 1 is 0.865 bits per heavy atom. The van der Waals surface area contributed by atoms with Crippen molar-refractivity contribution in [3.63, 3.8) is 0 Å². The molecule has 1 atom stereocenters. The van der Waals surface area contributed by atoms with Gasteiger partial charge in [-0.05, 0) is 48.2 Å². The molecule has 0 heterocycles. The third-order valence-corrected chi connectivity index (χ3v) is 5.67. The molecule has 6 nitrogen and oxygen atoms in total. The number of aryl methyl sites for hydroxylation is 1. The molecule has 37 heavy (non-hydrogen) atoms. The van der Waals surface area contributed by atoms with Gasteiger partial charge < -0.3 is 19.3 Å². The number of hydrogen-bond donors (Lipinski definition) is 1. The maximum atomic E-state index is 12.1. The first kappa shape index (κ1) is 29.6. The molecule has 2 rings (SSSR count). The van der Waals surface area contributed by atoms with E-state index in [9.17, 15) is 9.59 Å². The summed E-state index contributed by atoms with van der Waals surface area (Å²) in [4.78, 5) is 24.1. The van der Waals surface area contributed by atoms with E-state index in [0.717, 1.165) is 23.1 Å². The van der Waals surface area contributed by atoms with Crippen molar-refractivity contribution in [2.45, 2.75) is 38.5 Å². The van der Waals surface area contributed by atoms with Crippen LogP contribution in [0.3, 0.4) is 0 Å². The SMILES string of the molecule is C=C(CO)C(=O)OCC(COC(=O)C(=C)COC)c1ccc(C#Cc2ccc(CCCCC)cc2)cc1. The van der Waals surface area contributed by atoms with Gasteiger partial charge in [0, 0.05) is 18.2 Å². The molecule has 1 N–H and O–H groups in total. The maximum absolute atomic E-state index is 12.1. The van der Waals surface area contributed by atoms with Crippen molar-refractivity contribution in [3.05, 3.63) is 95.1 Å². The van der Waals surface area contributed by atoms with E-state index in [0.29, 0.717) is 0 Å². The van der Waals surface area contributed by atoms with Crippen LogP contribution in [-0.4, -0.2) is 50.6 Å². The number of unbranched alkanes of at least 4 members (excludes halogenated alkanes) is 2. The van der Waals surface area contributed by atoms with Gasteiger partial charge in [0.1, 0.15) is 13.2 Å². The first-order valence-electron chi connectivity index (χ1n) is 12.4. The van der Waals surface area contributed by atoms with Crippen LogP contribution < -0.4 is 0 Å². The molecule has 0 saturated heterocycles. The number of esters is 2. The second kappa shape index (κ2) is 16.2. The molecule has 0 amide bonds. The van der Waals surface area contributed by atoms with Crippen LogP contribution in [0.5, 0.6) is 0 Å². The van der Waals surface area contributed by atoms with Crippen LogP contribution in [0.4, 0.5) is 0 Å². The Labute approximate surface area is 220 Å².